The molecule has 9 heteroatoms. The van der Waals surface area contributed by atoms with Gasteiger partial charge in [-0.2, -0.15) is 5.26 Å². The summed E-state index contributed by atoms with van der Waals surface area (Å²) >= 11 is 6.47. The van der Waals surface area contributed by atoms with Crippen molar-refractivity contribution < 1.29 is 13.2 Å². The smallest absolute Gasteiger partial charge is 0.208 e. The second-order valence-corrected chi connectivity index (χ2v) is 11.3. The van der Waals surface area contributed by atoms with Crippen LogP contribution in [0.5, 0.6) is 5.75 Å². The number of sulfonamides is 1. The second-order valence-electron chi connectivity index (χ2n) is 9.10. The van der Waals surface area contributed by atoms with Crippen LogP contribution in [0.25, 0.3) is 16.6 Å². The van der Waals surface area contributed by atoms with Crippen molar-refractivity contribution in [2.75, 3.05) is 32.5 Å². The lowest BCUT2D eigenvalue weighted by atomic mass is 10.0. The molecule has 186 valence electrons. The third-order valence-corrected chi connectivity index (χ3v) is 7.36. The number of hydrogen-bond donors (Lipinski definition) is 1. The Balaban J connectivity index is 1.44. The van der Waals surface area contributed by atoms with Gasteiger partial charge < -0.3 is 14.2 Å². The first-order valence-electron chi connectivity index (χ1n) is 11.9. The van der Waals surface area contributed by atoms with E-state index in [1.165, 1.54) is 11.8 Å². The molecule has 1 aliphatic rings. The Hall–Kier alpha value is -2.57. The highest BCUT2D eigenvalue weighted by Gasteiger charge is 2.21. The quantitative estimate of drug-likeness (QED) is 0.454. The number of aromatic nitrogens is 1. The number of benzene rings is 2. The summed E-state index contributed by atoms with van der Waals surface area (Å²) in [4.78, 5) is 2.39. The molecule has 1 fully saturated rings. The molecule has 1 saturated heterocycles. The zero-order valence-corrected chi connectivity index (χ0v) is 21.7. The lowest BCUT2D eigenvalue weighted by molar-refractivity contribution is 0.209. The van der Waals surface area contributed by atoms with Crippen LogP contribution in [0.3, 0.4) is 0 Å². The third-order valence-electron chi connectivity index (χ3n) is 6.32. The summed E-state index contributed by atoms with van der Waals surface area (Å²) in [6.07, 6.45) is 6.66. The largest absolute Gasteiger partial charge is 0.491 e. The number of hydrogen-bond acceptors (Lipinski definition) is 5. The third kappa shape index (κ3) is 6.36. The van der Waals surface area contributed by atoms with Crippen molar-refractivity contribution in [1.29, 1.82) is 5.26 Å². The minimum absolute atomic E-state index is 0.0414. The first kappa shape index (κ1) is 25.5. The predicted molar refractivity (Wildman–Crippen MR) is 140 cm³/mol. The van der Waals surface area contributed by atoms with E-state index in [0.717, 1.165) is 61.9 Å². The highest BCUT2D eigenvalue weighted by Crippen LogP contribution is 2.33. The van der Waals surface area contributed by atoms with E-state index in [4.69, 9.17) is 16.3 Å². The molecule has 1 aromatic heterocycles. The van der Waals surface area contributed by atoms with Gasteiger partial charge in [0.2, 0.25) is 10.0 Å². The fraction of sp³-hybridized carbons (Fsp3) is 0.423. The van der Waals surface area contributed by atoms with Crippen LogP contribution >= 0.6 is 11.6 Å². The van der Waals surface area contributed by atoms with Crippen molar-refractivity contribution >= 4 is 32.5 Å². The number of nitrogens with zero attached hydrogens (tertiary/aromatic N) is 3. The van der Waals surface area contributed by atoms with E-state index in [1.54, 1.807) is 0 Å². The molecule has 4 rings (SSSR count). The fourth-order valence-electron chi connectivity index (χ4n) is 4.59. The summed E-state index contributed by atoms with van der Waals surface area (Å²) in [7, 11) is -3.15. The van der Waals surface area contributed by atoms with Crippen molar-refractivity contribution in [3.8, 4) is 17.5 Å². The van der Waals surface area contributed by atoms with Gasteiger partial charge in [-0.3, -0.25) is 0 Å². The van der Waals surface area contributed by atoms with Crippen LogP contribution in [0.1, 0.15) is 37.3 Å². The molecule has 0 radical (unpaired) electrons. The Kier molecular flexibility index (Phi) is 8.02. The van der Waals surface area contributed by atoms with Gasteiger partial charge in [0.15, 0.2) is 5.75 Å². The highest BCUT2D eigenvalue weighted by molar-refractivity contribution is 7.88. The minimum Gasteiger partial charge on any atom is -0.491 e. The van der Waals surface area contributed by atoms with Crippen molar-refractivity contribution in [3.05, 3.63) is 58.7 Å². The monoisotopic (exact) mass is 514 g/mol. The minimum atomic E-state index is -3.15. The maximum Gasteiger partial charge on any atom is 0.208 e. The summed E-state index contributed by atoms with van der Waals surface area (Å²) in [5.74, 6) is 0.439. The zero-order chi connectivity index (χ0) is 25.0. The van der Waals surface area contributed by atoms with E-state index in [2.05, 4.69) is 40.0 Å². The Morgan fingerprint density at radius 1 is 1.20 bits per heavy atom. The van der Waals surface area contributed by atoms with Gasteiger partial charge in [0.1, 0.15) is 6.07 Å². The maximum absolute atomic E-state index is 11.4. The van der Waals surface area contributed by atoms with Gasteiger partial charge in [0.25, 0.3) is 0 Å². The Morgan fingerprint density at radius 2 is 1.97 bits per heavy atom. The molecule has 0 saturated carbocycles. The van der Waals surface area contributed by atoms with Crippen molar-refractivity contribution in [3.63, 3.8) is 0 Å². The molecular formula is C26H31ClN4O3S. The first-order valence-corrected chi connectivity index (χ1v) is 14.2. The van der Waals surface area contributed by atoms with Gasteiger partial charge in [0, 0.05) is 29.9 Å². The van der Waals surface area contributed by atoms with Crippen LogP contribution in [-0.4, -0.2) is 56.4 Å². The van der Waals surface area contributed by atoms with E-state index in [9.17, 15) is 13.7 Å². The van der Waals surface area contributed by atoms with E-state index in [1.807, 2.05) is 29.8 Å². The van der Waals surface area contributed by atoms with Crippen LogP contribution in [0.4, 0.5) is 0 Å². The summed E-state index contributed by atoms with van der Waals surface area (Å²) in [6.45, 7) is 5.25. The number of halogens is 1. The molecule has 7 nitrogen and oxygen atoms in total. The van der Waals surface area contributed by atoms with E-state index in [-0.39, 0.29) is 6.04 Å². The molecule has 0 aliphatic carbocycles. The Bertz CT molecular complexity index is 1340. The van der Waals surface area contributed by atoms with Crippen molar-refractivity contribution in [2.24, 2.45) is 0 Å². The number of rotatable bonds is 9. The summed E-state index contributed by atoms with van der Waals surface area (Å²) in [5.41, 5.74) is 3.55. The summed E-state index contributed by atoms with van der Waals surface area (Å²) in [6, 6.07) is 14.4. The van der Waals surface area contributed by atoms with Gasteiger partial charge in [0.05, 0.1) is 29.0 Å². The summed E-state index contributed by atoms with van der Waals surface area (Å²) < 4.78 is 33.3. The summed E-state index contributed by atoms with van der Waals surface area (Å²) in [5, 5.41) is 11.2. The van der Waals surface area contributed by atoms with Crippen LogP contribution in [-0.2, 0) is 16.4 Å². The van der Waals surface area contributed by atoms with Crippen LogP contribution < -0.4 is 9.46 Å². The van der Waals surface area contributed by atoms with Gasteiger partial charge >= 0.3 is 0 Å². The SMILES string of the molecule is CCCOc1c(Cl)cc(-n2ccc3cc(CCN4CCC(NS(C)(=O)=O)CC4)ccc32)cc1C#N. The van der Waals surface area contributed by atoms with E-state index >= 15 is 0 Å². The molecule has 2 aromatic carbocycles. The standard InChI is InChI=1S/C26H31ClN4O3S/c1-3-14-34-26-21(18-28)16-23(17-24(26)27)31-13-7-20-15-19(4-5-25(20)31)6-10-30-11-8-22(9-12-30)29-35(2,32)33/h4-5,7,13,15-17,22,29H,3,6,8-12,14H2,1-2H3. The first-order chi connectivity index (χ1) is 16.8. The molecule has 35 heavy (non-hydrogen) atoms. The Morgan fingerprint density at radius 3 is 2.66 bits per heavy atom. The Labute approximate surface area is 212 Å². The zero-order valence-electron chi connectivity index (χ0n) is 20.1. The van der Waals surface area contributed by atoms with Gasteiger partial charge in [-0.1, -0.05) is 24.6 Å². The van der Waals surface area contributed by atoms with Crippen LogP contribution in [0.2, 0.25) is 5.02 Å². The number of fused-ring (bicyclic) bond motifs is 1. The van der Waals surface area contributed by atoms with Crippen LogP contribution in [0, 0.1) is 11.3 Å². The molecule has 0 amide bonds. The molecule has 0 bridgehead atoms. The molecule has 0 unspecified atom stereocenters. The average Bonchev–Trinajstić information content (AvgIpc) is 3.25. The molecule has 0 atom stereocenters. The molecule has 0 spiro atoms. The van der Waals surface area contributed by atoms with Gasteiger partial charge in [-0.25, -0.2) is 13.1 Å². The van der Waals surface area contributed by atoms with Crippen LogP contribution in [0.15, 0.2) is 42.6 Å². The number of nitrogens with one attached hydrogen (secondary N) is 1. The molecule has 2 heterocycles. The molecule has 1 aliphatic heterocycles. The fourth-order valence-corrected chi connectivity index (χ4v) is 5.70. The normalized spacial score (nSPS) is 15.4. The highest BCUT2D eigenvalue weighted by atomic mass is 35.5. The lowest BCUT2D eigenvalue weighted by Gasteiger charge is -2.31. The predicted octanol–water partition coefficient (Wildman–Crippen LogP) is 4.50. The molecule has 1 N–H and O–H groups in total. The van der Waals surface area contributed by atoms with Crippen molar-refractivity contribution in [2.45, 2.75) is 38.6 Å². The molecular weight excluding hydrogens is 484 g/mol. The van der Waals surface area contributed by atoms with E-state index in [0.29, 0.717) is 22.9 Å². The van der Waals surface area contributed by atoms with Gasteiger partial charge in [-0.05, 0) is 74.7 Å². The second kappa shape index (κ2) is 11.0. The number of ether oxygens (including phenoxy) is 1. The van der Waals surface area contributed by atoms with Crippen molar-refractivity contribution in [1.82, 2.24) is 14.2 Å². The average molecular weight is 515 g/mol. The number of likely N-dealkylation sites (tertiary alicyclic amines) is 1. The number of nitriles is 1. The topological polar surface area (TPSA) is 87.4 Å². The van der Waals surface area contributed by atoms with E-state index < -0.39 is 10.0 Å². The molecule has 3 aromatic rings. The number of piperidine rings is 1. The maximum atomic E-state index is 11.4. The van der Waals surface area contributed by atoms with Gasteiger partial charge in [-0.15, -0.1) is 0 Å². The lowest BCUT2D eigenvalue weighted by Crippen LogP contribution is -2.44.